The van der Waals surface area contributed by atoms with Crippen LogP contribution in [0.5, 0.6) is 5.75 Å². The van der Waals surface area contributed by atoms with E-state index in [0.29, 0.717) is 12.3 Å². The monoisotopic (exact) mass is 279 g/mol. The molecule has 1 aliphatic rings. The summed E-state index contributed by atoms with van der Waals surface area (Å²) in [5.74, 6) is 0.285. The molecule has 1 N–H and O–H groups in total. The normalized spacial score (nSPS) is 16.9. The standard InChI is InChI=1S/C18H14FNO/c19-13-8-9-16-17(10-13)21-18(11-20-16)15-7-3-5-12-4-1-2-6-14(12)15/h1-10,18,20H,11H2. The SMILES string of the molecule is Fc1ccc2c(c1)OC(c1cccc3ccccc13)CN2. The first-order valence-corrected chi connectivity index (χ1v) is 6.99. The summed E-state index contributed by atoms with van der Waals surface area (Å²) in [7, 11) is 0. The Morgan fingerprint density at radius 1 is 1.00 bits per heavy atom. The van der Waals surface area contributed by atoms with Crippen LogP contribution in [0.2, 0.25) is 0 Å². The highest BCUT2D eigenvalue weighted by molar-refractivity contribution is 5.86. The van der Waals surface area contributed by atoms with Gasteiger partial charge in [-0.3, -0.25) is 0 Å². The van der Waals surface area contributed by atoms with Crippen molar-refractivity contribution >= 4 is 16.5 Å². The molecule has 1 atom stereocenters. The molecule has 0 fully saturated rings. The summed E-state index contributed by atoms with van der Waals surface area (Å²) in [6, 6.07) is 19.0. The minimum absolute atomic E-state index is 0.120. The topological polar surface area (TPSA) is 21.3 Å². The predicted molar refractivity (Wildman–Crippen MR) is 82.2 cm³/mol. The Kier molecular flexibility index (Phi) is 2.78. The van der Waals surface area contributed by atoms with E-state index >= 15 is 0 Å². The molecule has 0 radical (unpaired) electrons. The van der Waals surface area contributed by atoms with Gasteiger partial charge in [0.05, 0.1) is 12.2 Å². The molecule has 0 aliphatic carbocycles. The van der Waals surface area contributed by atoms with Crippen molar-refractivity contribution in [3.05, 3.63) is 72.0 Å². The van der Waals surface area contributed by atoms with Gasteiger partial charge < -0.3 is 10.1 Å². The lowest BCUT2D eigenvalue weighted by Gasteiger charge is -2.28. The van der Waals surface area contributed by atoms with Crippen molar-refractivity contribution in [2.24, 2.45) is 0 Å². The molecule has 1 unspecified atom stereocenters. The first kappa shape index (κ1) is 12.2. The Morgan fingerprint density at radius 3 is 2.81 bits per heavy atom. The van der Waals surface area contributed by atoms with Gasteiger partial charge in [0, 0.05) is 11.6 Å². The van der Waals surface area contributed by atoms with Crippen LogP contribution in [0.4, 0.5) is 10.1 Å². The average Bonchev–Trinajstić information content (AvgIpc) is 2.53. The van der Waals surface area contributed by atoms with Gasteiger partial charge in [0.15, 0.2) is 0 Å². The Bertz CT molecular complexity index is 810. The second kappa shape index (κ2) is 4.77. The minimum Gasteiger partial charge on any atom is -0.482 e. The predicted octanol–water partition coefficient (Wildman–Crippen LogP) is 4.52. The Hall–Kier alpha value is -2.55. The van der Waals surface area contributed by atoms with E-state index < -0.39 is 0 Å². The average molecular weight is 279 g/mol. The summed E-state index contributed by atoms with van der Waals surface area (Å²) in [4.78, 5) is 0. The van der Waals surface area contributed by atoms with E-state index in [1.54, 1.807) is 6.07 Å². The van der Waals surface area contributed by atoms with Crippen molar-refractivity contribution in [1.29, 1.82) is 0 Å². The fourth-order valence-electron chi connectivity index (χ4n) is 2.84. The molecule has 1 aliphatic heterocycles. The van der Waals surface area contributed by atoms with Crippen molar-refractivity contribution in [2.45, 2.75) is 6.10 Å². The van der Waals surface area contributed by atoms with Crippen LogP contribution >= 0.6 is 0 Å². The lowest BCUT2D eigenvalue weighted by Crippen LogP contribution is -2.23. The summed E-state index contributed by atoms with van der Waals surface area (Å²) in [5.41, 5.74) is 1.96. The van der Waals surface area contributed by atoms with Crippen LogP contribution in [-0.2, 0) is 0 Å². The summed E-state index contributed by atoms with van der Waals surface area (Å²) in [6.07, 6.45) is -0.120. The Morgan fingerprint density at radius 2 is 1.86 bits per heavy atom. The smallest absolute Gasteiger partial charge is 0.146 e. The quantitative estimate of drug-likeness (QED) is 0.707. The maximum atomic E-state index is 13.4. The van der Waals surface area contributed by atoms with Crippen molar-refractivity contribution in [1.82, 2.24) is 0 Å². The number of hydrogen-bond donors (Lipinski definition) is 1. The summed E-state index contributed by atoms with van der Waals surface area (Å²) in [5, 5.41) is 5.67. The van der Waals surface area contributed by atoms with Crippen molar-refractivity contribution < 1.29 is 9.13 Å². The molecule has 0 saturated carbocycles. The van der Waals surface area contributed by atoms with E-state index in [-0.39, 0.29) is 11.9 Å². The van der Waals surface area contributed by atoms with Crippen molar-refractivity contribution in [3.63, 3.8) is 0 Å². The highest BCUT2D eigenvalue weighted by Crippen LogP contribution is 2.36. The second-order valence-electron chi connectivity index (χ2n) is 5.20. The zero-order chi connectivity index (χ0) is 14.2. The van der Waals surface area contributed by atoms with Crippen LogP contribution in [0.15, 0.2) is 60.7 Å². The number of rotatable bonds is 1. The van der Waals surface area contributed by atoms with Gasteiger partial charge in [0.25, 0.3) is 0 Å². The van der Waals surface area contributed by atoms with Crippen LogP contribution in [0.3, 0.4) is 0 Å². The fourth-order valence-corrected chi connectivity index (χ4v) is 2.84. The van der Waals surface area contributed by atoms with Crippen molar-refractivity contribution in [3.8, 4) is 5.75 Å². The summed E-state index contributed by atoms with van der Waals surface area (Å²) >= 11 is 0. The van der Waals surface area contributed by atoms with Crippen LogP contribution in [-0.4, -0.2) is 6.54 Å². The molecule has 4 rings (SSSR count). The number of benzene rings is 3. The zero-order valence-corrected chi connectivity index (χ0v) is 11.3. The first-order valence-electron chi connectivity index (χ1n) is 6.99. The third-order valence-electron chi connectivity index (χ3n) is 3.86. The zero-order valence-electron chi connectivity index (χ0n) is 11.3. The highest BCUT2D eigenvalue weighted by Gasteiger charge is 2.22. The van der Waals surface area contributed by atoms with E-state index in [9.17, 15) is 4.39 Å². The van der Waals surface area contributed by atoms with Gasteiger partial charge in [-0.2, -0.15) is 0 Å². The maximum Gasteiger partial charge on any atom is 0.146 e. The molecule has 3 aromatic rings. The van der Waals surface area contributed by atoms with Gasteiger partial charge in [-0.05, 0) is 22.9 Å². The van der Waals surface area contributed by atoms with E-state index in [1.807, 2.05) is 18.2 Å². The number of hydrogen-bond acceptors (Lipinski definition) is 2. The van der Waals surface area contributed by atoms with Crippen LogP contribution in [0, 0.1) is 5.82 Å². The van der Waals surface area contributed by atoms with Crippen LogP contribution in [0.1, 0.15) is 11.7 Å². The molecule has 0 bridgehead atoms. The molecule has 21 heavy (non-hydrogen) atoms. The molecule has 0 aromatic heterocycles. The summed E-state index contributed by atoms with van der Waals surface area (Å²) in [6.45, 7) is 0.673. The molecule has 0 saturated heterocycles. The number of nitrogens with one attached hydrogen (secondary N) is 1. The molecule has 2 nitrogen and oxygen atoms in total. The molecule has 1 heterocycles. The van der Waals surface area contributed by atoms with E-state index in [4.69, 9.17) is 4.74 Å². The lowest BCUT2D eigenvalue weighted by atomic mass is 9.99. The highest BCUT2D eigenvalue weighted by atomic mass is 19.1. The van der Waals surface area contributed by atoms with Gasteiger partial charge >= 0.3 is 0 Å². The molecule has 104 valence electrons. The number of ether oxygens (including phenoxy) is 1. The summed E-state index contributed by atoms with van der Waals surface area (Å²) < 4.78 is 19.4. The van der Waals surface area contributed by atoms with Gasteiger partial charge in [-0.15, -0.1) is 0 Å². The molecular weight excluding hydrogens is 265 g/mol. The van der Waals surface area contributed by atoms with Crippen LogP contribution in [0.25, 0.3) is 10.8 Å². The molecule has 0 amide bonds. The van der Waals surface area contributed by atoms with Crippen LogP contribution < -0.4 is 10.1 Å². The van der Waals surface area contributed by atoms with Crippen molar-refractivity contribution in [2.75, 3.05) is 11.9 Å². The molecule has 3 aromatic carbocycles. The number of fused-ring (bicyclic) bond motifs is 2. The number of anilines is 1. The lowest BCUT2D eigenvalue weighted by molar-refractivity contribution is 0.211. The van der Waals surface area contributed by atoms with E-state index in [1.165, 1.54) is 22.9 Å². The minimum atomic E-state index is -0.283. The largest absolute Gasteiger partial charge is 0.482 e. The Balaban J connectivity index is 1.77. The number of halogens is 1. The van der Waals surface area contributed by atoms with Gasteiger partial charge in [0.1, 0.15) is 17.7 Å². The van der Waals surface area contributed by atoms with E-state index in [2.05, 4.69) is 29.6 Å². The second-order valence-corrected chi connectivity index (χ2v) is 5.20. The third kappa shape index (κ3) is 2.11. The molecule has 3 heteroatoms. The third-order valence-corrected chi connectivity index (χ3v) is 3.86. The van der Waals surface area contributed by atoms with E-state index in [0.717, 1.165) is 11.3 Å². The molecule has 0 spiro atoms. The molecular formula is C18H14FNO. The Labute approximate surface area is 122 Å². The van der Waals surface area contributed by atoms with Gasteiger partial charge in [-0.25, -0.2) is 4.39 Å². The van der Waals surface area contributed by atoms with Gasteiger partial charge in [-0.1, -0.05) is 42.5 Å². The maximum absolute atomic E-state index is 13.4. The first-order chi connectivity index (χ1) is 10.3. The fraction of sp³-hybridized carbons (Fsp3) is 0.111. The van der Waals surface area contributed by atoms with Gasteiger partial charge in [0.2, 0.25) is 0 Å².